The third kappa shape index (κ3) is 8.75. The first-order valence-corrected chi connectivity index (χ1v) is 23.7. The fourth-order valence-electron chi connectivity index (χ4n) is 9.80. The number of rotatable bonds is 10. The average Bonchev–Trinajstić information content (AvgIpc) is 3.41. The van der Waals surface area contributed by atoms with Crippen molar-refractivity contribution in [1.29, 1.82) is 0 Å². The zero-order valence-electron chi connectivity index (χ0n) is 39.2. The van der Waals surface area contributed by atoms with Crippen LogP contribution in [-0.4, -0.2) is 15.0 Å². The molecule has 0 unspecified atom stereocenters. The molecule has 0 aliphatic heterocycles. The van der Waals surface area contributed by atoms with Gasteiger partial charge in [-0.2, -0.15) is 0 Å². The Kier molecular flexibility index (Phi) is 11.9. The Morgan fingerprint density at radius 3 is 1.07 bits per heavy atom. The van der Waals surface area contributed by atoms with Gasteiger partial charge in [-0.1, -0.05) is 146 Å². The molecule has 70 heavy (non-hydrogen) atoms. The van der Waals surface area contributed by atoms with Crippen LogP contribution in [0.4, 0.5) is 4.39 Å². The lowest BCUT2D eigenvalue weighted by Gasteiger charge is -2.19. The molecule has 0 fully saturated rings. The van der Waals surface area contributed by atoms with Gasteiger partial charge in [-0.25, -0.2) is 4.39 Å². The van der Waals surface area contributed by atoms with E-state index in [1.54, 1.807) is 12.1 Å². The zero-order chi connectivity index (χ0) is 47.6. The summed E-state index contributed by atoms with van der Waals surface area (Å²) in [6.07, 6.45) is 5.58. The van der Waals surface area contributed by atoms with Crippen molar-refractivity contribution >= 4 is 0 Å². The van der Waals surface area contributed by atoms with Crippen molar-refractivity contribution in [3.05, 3.63) is 259 Å². The van der Waals surface area contributed by atoms with Crippen molar-refractivity contribution in [3.8, 4) is 112 Å². The predicted octanol–water partition coefficient (Wildman–Crippen LogP) is 17.6. The molecular formula is C66H48FN3. The van der Waals surface area contributed by atoms with E-state index in [2.05, 4.69) is 201 Å². The Labute approximate surface area is 409 Å². The molecule has 3 aromatic heterocycles. The average molecular weight is 902 g/mol. The monoisotopic (exact) mass is 901 g/mol. The molecule has 0 radical (unpaired) electrons. The number of aryl methyl sites for hydroxylation is 3. The van der Waals surface area contributed by atoms with Crippen molar-refractivity contribution in [2.45, 2.75) is 20.8 Å². The van der Waals surface area contributed by atoms with E-state index in [0.717, 1.165) is 95.0 Å². The highest BCUT2D eigenvalue weighted by atomic mass is 19.1. The fourth-order valence-corrected chi connectivity index (χ4v) is 9.80. The maximum Gasteiger partial charge on any atom is 0.123 e. The van der Waals surface area contributed by atoms with E-state index in [4.69, 9.17) is 4.98 Å². The van der Waals surface area contributed by atoms with Crippen molar-refractivity contribution in [3.63, 3.8) is 0 Å². The summed E-state index contributed by atoms with van der Waals surface area (Å²) in [6, 6.07) is 76.2. The molecule has 0 saturated heterocycles. The van der Waals surface area contributed by atoms with Crippen LogP contribution in [0.5, 0.6) is 0 Å². The minimum atomic E-state index is -0.250. The summed E-state index contributed by atoms with van der Waals surface area (Å²) in [5, 5.41) is 0. The molecule has 334 valence electrons. The normalized spacial score (nSPS) is 11.1. The zero-order valence-corrected chi connectivity index (χ0v) is 39.2. The molecule has 11 aromatic rings. The number of benzene rings is 8. The van der Waals surface area contributed by atoms with Gasteiger partial charge in [0.05, 0.1) is 17.1 Å². The molecule has 0 spiro atoms. The van der Waals surface area contributed by atoms with Gasteiger partial charge in [-0.3, -0.25) is 15.0 Å². The maximum absolute atomic E-state index is 13.7. The molecular weight excluding hydrogens is 854 g/mol. The van der Waals surface area contributed by atoms with E-state index in [0.29, 0.717) is 0 Å². The lowest BCUT2D eigenvalue weighted by Crippen LogP contribution is -1.94. The van der Waals surface area contributed by atoms with Crippen LogP contribution in [0, 0.1) is 26.6 Å². The van der Waals surface area contributed by atoms with Gasteiger partial charge < -0.3 is 0 Å². The van der Waals surface area contributed by atoms with Crippen LogP contribution in [0.1, 0.15) is 16.7 Å². The summed E-state index contributed by atoms with van der Waals surface area (Å²) in [5.74, 6) is -0.250. The second-order valence-electron chi connectivity index (χ2n) is 17.9. The molecule has 3 heterocycles. The smallest absolute Gasteiger partial charge is 0.123 e. The summed E-state index contributed by atoms with van der Waals surface area (Å²) in [4.78, 5) is 14.1. The number of hydrogen-bond donors (Lipinski definition) is 0. The van der Waals surface area contributed by atoms with Gasteiger partial charge in [-0.15, -0.1) is 0 Å². The summed E-state index contributed by atoms with van der Waals surface area (Å²) in [6.45, 7) is 6.47. The highest BCUT2D eigenvalue weighted by molar-refractivity contribution is 5.95. The van der Waals surface area contributed by atoms with Crippen molar-refractivity contribution in [1.82, 2.24) is 15.0 Å². The summed E-state index contributed by atoms with van der Waals surface area (Å²) < 4.78 is 13.7. The first kappa shape index (κ1) is 43.7. The van der Waals surface area contributed by atoms with Crippen LogP contribution >= 0.6 is 0 Å². The maximum atomic E-state index is 13.7. The highest BCUT2D eigenvalue weighted by Crippen LogP contribution is 2.44. The first-order valence-electron chi connectivity index (χ1n) is 23.7. The topological polar surface area (TPSA) is 38.7 Å². The van der Waals surface area contributed by atoms with E-state index in [1.807, 2.05) is 42.9 Å². The van der Waals surface area contributed by atoms with E-state index in [9.17, 15) is 4.39 Å². The highest BCUT2D eigenvalue weighted by Gasteiger charge is 2.18. The van der Waals surface area contributed by atoms with Gasteiger partial charge in [0.25, 0.3) is 0 Å². The Morgan fingerprint density at radius 2 is 0.629 bits per heavy atom. The van der Waals surface area contributed by atoms with Crippen molar-refractivity contribution in [2.24, 2.45) is 0 Å². The largest absolute Gasteiger partial charge is 0.256 e. The molecule has 0 atom stereocenters. The van der Waals surface area contributed by atoms with Crippen LogP contribution in [0.2, 0.25) is 0 Å². The second kappa shape index (κ2) is 19.0. The van der Waals surface area contributed by atoms with Gasteiger partial charge in [0.15, 0.2) is 0 Å². The molecule has 0 saturated carbocycles. The first-order chi connectivity index (χ1) is 34.3. The Bertz CT molecular complexity index is 3520. The fraction of sp³-hybridized carbons (Fsp3) is 0.0455. The second-order valence-corrected chi connectivity index (χ2v) is 17.9. The molecule has 11 rings (SSSR count). The summed E-state index contributed by atoms with van der Waals surface area (Å²) in [7, 11) is 0. The standard InChI is InChI=1S/C66H48FN3/c1-43-36-49(64-20-10-12-34-68-64)28-32-55(43)61-18-8-6-16-59(61)52-39-51(40-53(41-52)60-17-7-9-19-62(60)56-33-29-50(37-44(56)2)65-21-11-13-35-69-65)58-15-5-4-14-57(58)46-22-24-48(25-23-46)66-38-45(3)63(42-70-66)47-26-30-54(67)31-27-47/h4-42H,1-3H3. The van der Waals surface area contributed by atoms with Gasteiger partial charge in [0, 0.05) is 40.8 Å². The molecule has 0 aliphatic carbocycles. The summed E-state index contributed by atoms with van der Waals surface area (Å²) >= 11 is 0. The third-order valence-electron chi connectivity index (χ3n) is 13.4. The van der Waals surface area contributed by atoms with E-state index in [1.165, 1.54) is 45.5 Å². The molecule has 4 heteroatoms. The van der Waals surface area contributed by atoms with Crippen LogP contribution < -0.4 is 0 Å². The van der Waals surface area contributed by atoms with Crippen LogP contribution in [-0.2, 0) is 0 Å². The van der Waals surface area contributed by atoms with Gasteiger partial charge >= 0.3 is 0 Å². The molecule has 0 amide bonds. The number of aromatic nitrogens is 3. The molecule has 0 bridgehead atoms. The third-order valence-corrected chi connectivity index (χ3v) is 13.4. The van der Waals surface area contributed by atoms with Crippen LogP contribution in [0.15, 0.2) is 237 Å². The number of pyridine rings is 3. The SMILES string of the molecule is Cc1cc(-c2ccc(-c3ccccc3-c3cc(-c4ccccc4-c4ccc(-c5ccccn5)cc4C)cc(-c4ccccc4-c4ccc(-c5ccccn5)cc4C)c3)cc2)ncc1-c1ccc(F)cc1. The lowest BCUT2D eigenvalue weighted by atomic mass is 9.85. The predicted molar refractivity (Wildman–Crippen MR) is 288 cm³/mol. The minimum absolute atomic E-state index is 0.250. The number of hydrogen-bond acceptors (Lipinski definition) is 3. The molecule has 8 aromatic carbocycles. The molecule has 3 nitrogen and oxygen atoms in total. The molecule has 0 aliphatic rings. The number of nitrogens with zero attached hydrogens (tertiary/aromatic N) is 3. The summed E-state index contributed by atoms with van der Waals surface area (Å²) in [5.41, 5.74) is 25.2. The van der Waals surface area contributed by atoms with E-state index < -0.39 is 0 Å². The lowest BCUT2D eigenvalue weighted by molar-refractivity contribution is 0.628. The minimum Gasteiger partial charge on any atom is -0.256 e. The van der Waals surface area contributed by atoms with E-state index >= 15 is 0 Å². The van der Waals surface area contributed by atoms with Gasteiger partial charge in [0.1, 0.15) is 5.82 Å². The van der Waals surface area contributed by atoms with Crippen LogP contribution in [0.25, 0.3) is 112 Å². The van der Waals surface area contributed by atoms with Gasteiger partial charge in [-0.05, 0) is 183 Å². The van der Waals surface area contributed by atoms with Crippen molar-refractivity contribution < 1.29 is 4.39 Å². The van der Waals surface area contributed by atoms with Crippen LogP contribution in [0.3, 0.4) is 0 Å². The van der Waals surface area contributed by atoms with Crippen molar-refractivity contribution in [2.75, 3.05) is 0 Å². The Hall–Kier alpha value is -8.86. The Balaban J connectivity index is 1.03. The molecule has 0 N–H and O–H groups in total. The van der Waals surface area contributed by atoms with E-state index in [-0.39, 0.29) is 5.82 Å². The Morgan fingerprint density at radius 1 is 0.257 bits per heavy atom. The van der Waals surface area contributed by atoms with Gasteiger partial charge in [0.2, 0.25) is 0 Å². The quantitative estimate of drug-likeness (QED) is 0.137. The number of halogens is 1.